The van der Waals surface area contributed by atoms with Crippen LogP contribution in [0.1, 0.15) is 12.0 Å². The Hall–Kier alpha value is -0.610. The van der Waals surface area contributed by atoms with Crippen molar-refractivity contribution < 1.29 is 4.74 Å². The summed E-state index contributed by atoms with van der Waals surface area (Å²) in [6.07, 6.45) is 2.85. The highest BCUT2D eigenvalue weighted by Crippen LogP contribution is 2.19. The van der Waals surface area contributed by atoms with Gasteiger partial charge in [-0.05, 0) is 40.9 Å². The predicted octanol–water partition coefficient (Wildman–Crippen LogP) is 2.63. The number of nitrogens with zero attached hydrogens (tertiary/aromatic N) is 2. The second-order valence-electron chi connectivity index (χ2n) is 3.56. The van der Waals surface area contributed by atoms with E-state index in [1.807, 2.05) is 6.20 Å². The maximum Gasteiger partial charge on any atom is 0.131 e. The van der Waals surface area contributed by atoms with Gasteiger partial charge in [0.1, 0.15) is 5.82 Å². The molecule has 4 heteroatoms. The number of anilines is 1. The Morgan fingerprint density at radius 2 is 2.27 bits per heavy atom. The van der Waals surface area contributed by atoms with Crippen molar-refractivity contribution in [2.75, 3.05) is 32.2 Å². The first-order valence-corrected chi connectivity index (χ1v) is 5.76. The van der Waals surface area contributed by atoms with E-state index in [0.29, 0.717) is 0 Å². The molecule has 0 radical (unpaired) electrons. The molecule has 84 valence electrons. The Labute approximate surface area is 99.6 Å². The van der Waals surface area contributed by atoms with Gasteiger partial charge in [0.25, 0.3) is 0 Å². The maximum atomic E-state index is 5.02. The first kappa shape index (κ1) is 12.5. The Balaban J connectivity index is 2.61. The van der Waals surface area contributed by atoms with E-state index >= 15 is 0 Å². The fourth-order valence-electron chi connectivity index (χ4n) is 1.48. The minimum absolute atomic E-state index is 0.792. The van der Waals surface area contributed by atoms with Crippen LogP contribution >= 0.6 is 15.9 Å². The third-order valence-electron chi connectivity index (χ3n) is 2.22. The van der Waals surface area contributed by atoms with Gasteiger partial charge >= 0.3 is 0 Å². The zero-order valence-corrected chi connectivity index (χ0v) is 11.0. The lowest BCUT2D eigenvalue weighted by molar-refractivity contribution is 0.196. The summed E-state index contributed by atoms with van der Waals surface area (Å²) in [7, 11) is 3.78. The summed E-state index contributed by atoms with van der Waals surface area (Å²) < 4.78 is 6.05. The number of rotatable bonds is 5. The topological polar surface area (TPSA) is 25.4 Å². The summed E-state index contributed by atoms with van der Waals surface area (Å²) in [5.74, 6) is 1.04. The van der Waals surface area contributed by atoms with Crippen molar-refractivity contribution in [1.29, 1.82) is 0 Å². The van der Waals surface area contributed by atoms with Crippen LogP contribution in [-0.2, 0) is 4.74 Å². The van der Waals surface area contributed by atoms with Crippen LogP contribution in [0.2, 0.25) is 0 Å². The average Bonchev–Trinajstić information content (AvgIpc) is 2.17. The van der Waals surface area contributed by atoms with Gasteiger partial charge in [-0.1, -0.05) is 0 Å². The lowest BCUT2D eigenvalue weighted by Gasteiger charge is -2.19. The summed E-state index contributed by atoms with van der Waals surface area (Å²) in [5, 5.41) is 0. The molecule has 0 fully saturated rings. The molecule has 0 unspecified atom stereocenters. The van der Waals surface area contributed by atoms with Crippen molar-refractivity contribution in [3.05, 3.63) is 22.3 Å². The smallest absolute Gasteiger partial charge is 0.131 e. The fourth-order valence-corrected chi connectivity index (χ4v) is 1.93. The average molecular weight is 273 g/mol. The molecule has 15 heavy (non-hydrogen) atoms. The van der Waals surface area contributed by atoms with E-state index in [2.05, 4.69) is 45.9 Å². The molecule has 3 nitrogen and oxygen atoms in total. The van der Waals surface area contributed by atoms with Crippen molar-refractivity contribution in [2.24, 2.45) is 0 Å². The van der Waals surface area contributed by atoms with Crippen LogP contribution in [0.5, 0.6) is 0 Å². The molecule has 1 rings (SSSR count). The van der Waals surface area contributed by atoms with Crippen LogP contribution in [-0.4, -0.2) is 32.3 Å². The zero-order valence-electron chi connectivity index (χ0n) is 9.46. The quantitative estimate of drug-likeness (QED) is 0.771. The molecular formula is C11H17BrN2O. The Morgan fingerprint density at radius 3 is 2.87 bits per heavy atom. The number of pyridine rings is 1. The molecule has 0 N–H and O–H groups in total. The molecule has 1 heterocycles. The minimum Gasteiger partial charge on any atom is -0.385 e. The largest absolute Gasteiger partial charge is 0.385 e. The highest BCUT2D eigenvalue weighted by Gasteiger charge is 2.05. The number of methoxy groups -OCH3 is 1. The van der Waals surface area contributed by atoms with E-state index in [-0.39, 0.29) is 0 Å². The van der Waals surface area contributed by atoms with E-state index in [9.17, 15) is 0 Å². The third kappa shape index (κ3) is 3.80. The number of halogens is 1. The molecule has 0 amide bonds. The van der Waals surface area contributed by atoms with Crippen molar-refractivity contribution in [3.63, 3.8) is 0 Å². The predicted molar refractivity (Wildman–Crippen MR) is 66.4 cm³/mol. The molecule has 1 aromatic rings. The van der Waals surface area contributed by atoms with Gasteiger partial charge in [-0.15, -0.1) is 0 Å². The monoisotopic (exact) mass is 272 g/mol. The molecule has 0 bridgehead atoms. The second kappa shape index (κ2) is 6.08. The van der Waals surface area contributed by atoms with Crippen LogP contribution < -0.4 is 4.90 Å². The van der Waals surface area contributed by atoms with E-state index in [1.54, 1.807) is 7.11 Å². The first-order valence-electron chi connectivity index (χ1n) is 4.97. The lowest BCUT2D eigenvalue weighted by Crippen LogP contribution is -2.21. The minimum atomic E-state index is 0.792. The Kier molecular flexibility index (Phi) is 5.05. The Bertz CT molecular complexity index is 317. The fraction of sp³-hybridized carbons (Fsp3) is 0.545. The van der Waals surface area contributed by atoms with Gasteiger partial charge in [0.2, 0.25) is 0 Å². The molecule has 0 atom stereocenters. The number of aryl methyl sites for hydroxylation is 1. The van der Waals surface area contributed by atoms with E-state index in [1.165, 1.54) is 5.56 Å². The zero-order chi connectivity index (χ0) is 11.3. The number of aromatic nitrogens is 1. The normalized spacial score (nSPS) is 10.4. The van der Waals surface area contributed by atoms with Gasteiger partial charge in [-0.3, -0.25) is 0 Å². The number of hydrogen-bond donors (Lipinski definition) is 0. The SMILES string of the molecule is COCCCN(C)c1ncc(Br)cc1C. The number of hydrogen-bond acceptors (Lipinski definition) is 3. The van der Waals surface area contributed by atoms with E-state index < -0.39 is 0 Å². The third-order valence-corrected chi connectivity index (χ3v) is 2.65. The van der Waals surface area contributed by atoms with Crippen LogP contribution in [0.3, 0.4) is 0 Å². The molecule has 0 aliphatic rings. The molecule has 0 aliphatic heterocycles. The highest BCUT2D eigenvalue weighted by atomic mass is 79.9. The number of ether oxygens (including phenoxy) is 1. The summed E-state index contributed by atoms with van der Waals surface area (Å²) >= 11 is 3.41. The van der Waals surface area contributed by atoms with Gasteiger partial charge in [0, 0.05) is 38.0 Å². The van der Waals surface area contributed by atoms with Crippen LogP contribution in [0, 0.1) is 6.92 Å². The first-order chi connectivity index (χ1) is 7.15. The van der Waals surface area contributed by atoms with Crippen LogP contribution in [0.15, 0.2) is 16.7 Å². The standard InChI is InChI=1S/C11H17BrN2O/c1-9-7-10(12)8-13-11(9)14(2)5-4-6-15-3/h7-8H,4-6H2,1-3H3. The summed E-state index contributed by atoms with van der Waals surface area (Å²) in [6, 6.07) is 2.08. The molecule has 0 aliphatic carbocycles. The van der Waals surface area contributed by atoms with Gasteiger partial charge in [0.15, 0.2) is 0 Å². The highest BCUT2D eigenvalue weighted by molar-refractivity contribution is 9.10. The van der Waals surface area contributed by atoms with Crippen molar-refractivity contribution in [2.45, 2.75) is 13.3 Å². The van der Waals surface area contributed by atoms with Crippen molar-refractivity contribution in [1.82, 2.24) is 4.98 Å². The van der Waals surface area contributed by atoms with Crippen molar-refractivity contribution in [3.8, 4) is 0 Å². The molecule has 1 aromatic heterocycles. The van der Waals surface area contributed by atoms with Crippen LogP contribution in [0.4, 0.5) is 5.82 Å². The van der Waals surface area contributed by atoms with E-state index in [0.717, 1.165) is 29.9 Å². The van der Waals surface area contributed by atoms with Gasteiger partial charge in [0.05, 0.1) is 0 Å². The summed E-state index contributed by atoms with van der Waals surface area (Å²) in [5.41, 5.74) is 1.18. The molecule has 0 aromatic carbocycles. The Morgan fingerprint density at radius 1 is 1.53 bits per heavy atom. The molecule has 0 saturated heterocycles. The molecule has 0 saturated carbocycles. The van der Waals surface area contributed by atoms with Crippen molar-refractivity contribution >= 4 is 21.7 Å². The summed E-state index contributed by atoms with van der Waals surface area (Å²) in [6.45, 7) is 3.82. The maximum absolute atomic E-state index is 5.02. The summed E-state index contributed by atoms with van der Waals surface area (Å²) in [4.78, 5) is 6.55. The van der Waals surface area contributed by atoms with Gasteiger partial charge in [-0.2, -0.15) is 0 Å². The van der Waals surface area contributed by atoms with Gasteiger partial charge in [-0.25, -0.2) is 4.98 Å². The van der Waals surface area contributed by atoms with Crippen LogP contribution in [0.25, 0.3) is 0 Å². The lowest BCUT2D eigenvalue weighted by atomic mass is 10.2. The molecular weight excluding hydrogens is 256 g/mol. The molecule has 0 spiro atoms. The van der Waals surface area contributed by atoms with Gasteiger partial charge < -0.3 is 9.64 Å². The van der Waals surface area contributed by atoms with E-state index in [4.69, 9.17) is 4.74 Å². The second-order valence-corrected chi connectivity index (χ2v) is 4.48.